The molecule has 24 heavy (non-hydrogen) atoms. The van der Waals surface area contributed by atoms with Gasteiger partial charge in [-0.15, -0.1) is 0 Å². The summed E-state index contributed by atoms with van der Waals surface area (Å²) in [5.74, 6) is -0.252. The summed E-state index contributed by atoms with van der Waals surface area (Å²) in [5, 5.41) is 2.60. The summed E-state index contributed by atoms with van der Waals surface area (Å²) in [5.41, 5.74) is 0.550. The fourth-order valence-corrected chi connectivity index (χ4v) is 4.00. The zero-order valence-electron chi connectivity index (χ0n) is 14.2. The minimum atomic E-state index is -3.59. The van der Waals surface area contributed by atoms with Crippen LogP contribution in [0.1, 0.15) is 20.8 Å². The maximum absolute atomic E-state index is 12.7. The number of benzene rings is 1. The van der Waals surface area contributed by atoms with E-state index in [0.29, 0.717) is 18.8 Å². The molecule has 1 N–H and O–H groups in total. The first-order valence-electron chi connectivity index (χ1n) is 7.88. The molecular weight excluding hydrogens is 330 g/mol. The summed E-state index contributed by atoms with van der Waals surface area (Å²) in [6, 6.07) is 6.08. The number of hydrogen-bond acceptors (Lipinski definition) is 4. The lowest BCUT2D eigenvalue weighted by molar-refractivity contribution is -0.135. The lowest BCUT2D eigenvalue weighted by atomic mass is 10.2. The molecule has 1 fully saturated rings. The van der Waals surface area contributed by atoms with Crippen molar-refractivity contribution in [3.63, 3.8) is 0 Å². The van der Waals surface area contributed by atoms with Gasteiger partial charge in [0, 0.05) is 44.7 Å². The highest BCUT2D eigenvalue weighted by atomic mass is 32.2. The van der Waals surface area contributed by atoms with E-state index in [1.165, 1.54) is 23.4 Å². The normalized spacial score (nSPS) is 16.2. The summed E-state index contributed by atoms with van der Waals surface area (Å²) in [6.45, 7) is 6.44. The van der Waals surface area contributed by atoms with Crippen molar-refractivity contribution < 1.29 is 18.0 Å². The van der Waals surface area contributed by atoms with E-state index < -0.39 is 10.0 Å². The van der Waals surface area contributed by atoms with Gasteiger partial charge in [0.25, 0.3) is 0 Å². The van der Waals surface area contributed by atoms with Crippen molar-refractivity contribution in [3.8, 4) is 0 Å². The molecule has 0 radical (unpaired) electrons. The van der Waals surface area contributed by atoms with Crippen LogP contribution in [-0.2, 0) is 19.6 Å². The zero-order valence-corrected chi connectivity index (χ0v) is 15.0. The maximum atomic E-state index is 12.7. The van der Waals surface area contributed by atoms with Crippen LogP contribution < -0.4 is 5.32 Å². The lowest BCUT2D eigenvalue weighted by Gasteiger charge is -2.34. The van der Waals surface area contributed by atoms with Crippen LogP contribution in [0, 0.1) is 5.92 Å². The molecule has 1 aromatic carbocycles. The molecule has 0 atom stereocenters. The van der Waals surface area contributed by atoms with Gasteiger partial charge in [0.15, 0.2) is 0 Å². The Bertz CT molecular complexity index is 705. The van der Waals surface area contributed by atoms with E-state index in [4.69, 9.17) is 0 Å². The fraction of sp³-hybridized carbons (Fsp3) is 0.500. The first-order chi connectivity index (χ1) is 11.2. The Labute approximate surface area is 142 Å². The first-order valence-corrected chi connectivity index (χ1v) is 9.32. The second-order valence-corrected chi connectivity index (χ2v) is 8.03. The number of nitrogens with zero attached hydrogens (tertiary/aromatic N) is 2. The average molecular weight is 353 g/mol. The third kappa shape index (κ3) is 4.12. The number of anilines is 1. The third-order valence-corrected chi connectivity index (χ3v) is 5.77. The molecule has 1 aromatic rings. The van der Waals surface area contributed by atoms with Crippen molar-refractivity contribution >= 4 is 27.5 Å². The van der Waals surface area contributed by atoms with E-state index in [2.05, 4.69) is 5.32 Å². The summed E-state index contributed by atoms with van der Waals surface area (Å²) < 4.78 is 26.7. The van der Waals surface area contributed by atoms with Crippen molar-refractivity contribution in [2.45, 2.75) is 25.7 Å². The van der Waals surface area contributed by atoms with E-state index in [1.807, 2.05) is 13.8 Å². The van der Waals surface area contributed by atoms with Crippen LogP contribution in [0.4, 0.5) is 5.69 Å². The Balaban J connectivity index is 2.06. The smallest absolute Gasteiger partial charge is 0.243 e. The van der Waals surface area contributed by atoms with Crippen LogP contribution in [0.3, 0.4) is 0 Å². The predicted octanol–water partition coefficient (Wildman–Crippen LogP) is 1.13. The molecule has 1 aliphatic rings. The molecule has 2 amide bonds. The third-order valence-electron chi connectivity index (χ3n) is 3.86. The van der Waals surface area contributed by atoms with Gasteiger partial charge in [-0.2, -0.15) is 4.31 Å². The molecule has 7 nitrogen and oxygen atoms in total. The van der Waals surface area contributed by atoms with Crippen LogP contribution in [0.15, 0.2) is 29.2 Å². The van der Waals surface area contributed by atoms with Crippen LogP contribution in [0.2, 0.25) is 0 Å². The Morgan fingerprint density at radius 3 is 2.04 bits per heavy atom. The zero-order chi connectivity index (χ0) is 17.9. The Kier molecular flexibility index (Phi) is 5.61. The van der Waals surface area contributed by atoms with Gasteiger partial charge in [0.1, 0.15) is 0 Å². The number of nitrogens with one attached hydrogen (secondary N) is 1. The van der Waals surface area contributed by atoms with Crippen molar-refractivity contribution in [1.82, 2.24) is 9.21 Å². The van der Waals surface area contributed by atoms with E-state index in [1.54, 1.807) is 17.0 Å². The minimum absolute atomic E-state index is 0.0479. The van der Waals surface area contributed by atoms with Gasteiger partial charge in [-0.25, -0.2) is 8.42 Å². The summed E-state index contributed by atoms with van der Waals surface area (Å²) in [4.78, 5) is 24.9. The van der Waals surface area contributed by atoms with E-state index in [9.17, 15) is 18.0 Å². The Morgan fingerprint density at radius 1 is 1.04 bits per heavy atom. The van der Waals surface area contributed by atoms with Gasteiger partial charge < -0.3 is 10.2 Å². The van der Waals surface area contributed by atoms with Crippen molar-refractivity contribution in [1.29, 1.82) is 0 Å². The van der Waals surface area contributed by atoms with Crippen molar-refractivity contribution in [2.75, 3.05) is 31.5 Å². The number of carbonyl (C=O) groups is 2. The van der Waals surface area contributed by atoms with E-state index >= 15 is 0 Å². The largest absolute Gasteiger partial charge is 0.340 e. The van der Waals surface area contributed by atoms with Gasteiger partial charge in [-0.1, -0.05) is 13.8 Å². The predicted molar refractivity (Wildman–Crippen MR) is 90.9 cm³/mol. The minimum Gasteiger partial charge on any atom is -0.340 e. The summed E-state index contributed by atoms with van der Waals surface area (Å²) in [7, 11) is -3.59. The van der Waals surface area contributed by atoms with Crippen LogP contribution in [0.25, 0.3) is 0 Å². The Hall–Kier alpha value is -1.93. The monoisotopic (exact) mass is 353 g/mol. The molecule has 0 saturated carbocycles. The highest BCUT2D eigenvalue weighted by Gasteiger charge is 2.30. The van der Waals surface area contributed by atoms with Crippen molar-refractivity contribution in [2.24, 2.45) is 5.92 Å². The molecule has 2 rings (SSSR count). The molecule has 0 aliphatic carbocycles. The molecular formula is C16H23N3O4S. The first kappa shape index (κ1) is 18.4. The van der Waals surface area contributed by atoms with Gasteiger partial charge >= 0.3 is 0 Å². The quantitative estimate of drug-likeness (QED) is 0.879. The molecule has 0 bridgehead atoms. The van der Waals surface area contributed by atoms with Gasteiger partial charge in [-0.05, 0) is 24.3 Å². The molecule has 1 saturated heterocycles. The molecule has 0 aromatic heterocycles. The number of piperazine rings is 1. The number of amides is 2. The summed E-state index contributed by atoms with van der Waals surface area (Å²) in [6.07, 6.45) is 0. The van der Waals surface area contributed by atoms with Crippen LogP contribution in [0.5, 0.6) is 0 Å². The number of carbonyl (C=O) groups excluding carboxylic acids is 2. The SMILES string of the molecule is CC(=O)Nc1ccc(S(=O)(=O)N2CCN(C(=O)C(C)C)CC2)cc1. The number of sulfonamides is 1. The van der Waals surface area contributed by atoms with Gasteiger partial charge in [0.05, 0.1) is 4.90 Å². The maximum Gasteiger partial charge on any atom is 0.243 e. The van der Waals surface area contributed by atoms with E-state index in [-0.39, 0.29) is 35.7 Å². The number of hydrogen-bond donors (Lipinski definition) is 1. The summed E-state index contributed by atoms with van der Waals surface area (Å²) >= 11 is 0. The van der Waals surface area contributed by atoms with Crippen LogP contribution >= 0.6 is 0 Å². The fourth-order valence-electron chi connectivity index (χ4n) is 2.58. The second-order valence-electron chi connectivity index (χ2n) is 6.09. The second kappa shape index (κ2) is 7.31. The highest BCUT2D eigenvalue weighted by molar-refractivity contribution is 7.89. The standard InChI is InChI=1S/C16H23N3O4S/c1-12(2)16(21)18-8-10-19(11-9-18)24(22,23)15-6-4-14(5-7-15)17-13(3)20/h4-7,12H,8-11H2,1-3H3,(H,17,20). The molecule has 1 heterocycles. The van der Waals surface area contributed by atoms with Crippen molar-refractivity contribution in [3.05, 3.63) is 24.3 Å². The Morgan fingerprint density at radius 2 is 1.58 bits per heavy atom. The molecule has 0 unspecified atom stereocenters. The molecule has 1 aliphatic heterocycles. The molecule has 132 valence electrons. The van der Waals surface area contributed by atoms with Gasteiger partial charge in [-0.3, -0.25) is 9.59 Å². The van der Waals surface area contributed by atoms with Crippen LogP contribution in [-0.4, -0.2) is 55.6 Å². The molecule has 8 heteroatoms. The number of rotatable bonds is 4. The molecule has 0 spiro atoms. The topological polar surface area (TPSA) is 86.8 Å². The lowest BCUT2D eigenvalue weighted by Crippen LogP contribution is -2.51. The average Bonchev–Trinajstić information content (AvgIpc) is 2.54. The van der Waals surface area contributed by atoms with E-state index in [0.717, 1.165) is 0 Å². The highest BCUT2D eigenvalue weighted by Crippen LogP contribution is 2.20. The van der Waals surface area contributed by atoms with Gasteiger partial charge in [0.2, 0.25) is 21.8 Å².